The van der Waals surface area contributed by atoms with Gasteiger partial charge in [0.1, 0.15) is 5.75 Å². The summed E-state index contributed by atoms with van der Waals surface area (Å²) >= 11 is 6.29. The normalized spacial score (nSPS) is 26.4. The van der Waals surface area contributed by atoms with Gasteiger partial charge in [0.15, 0.2) is 0 Å². The van der Waals surface area contributed by atoms with Gasteiger partial charge in [-0.15, -0.1) is 0 Å². The Morgan fingerprint density at radius 3 is 2.58 bits per heavy atom. The van der Waals surface area contributed by atoms with Gasteiger partial charge in [-0.05, 0) is 49.4 Å². The highest BCUT2D eigenvalue weighted by molar-refractivity contribution is 6.30. The number of nitrogens with one attached hydrogen (secondary N) is 1. The van der Waals surface area contributed by atoms with Crippen LogP contribution < -0.4 is 10.1 Å². The molecule has 5 rings (SSSR count). The number of benzene rings is 2. The fourth-order valence-electron chi connectivity index (χ4n) is 5.62. The molecule has 2 aromatic rings. The highest BCUT2D eigenvalue weighted by Gasteiger charge is 2.41. The molecule has 0 spiro atoms. The van der Waals surface area contributed by atoms with E-state index >= 15 is 0 Å². The summed E-state index contributed by atoms with van der Waals surface area (Å²) in [5.41, 5.74) is 2.35. The number of carbonyl (C=O) groups excluding carboxylic acids is 1. The summed E-state index contributed by atoms with van der Waals surface area (Å²) in [5, 5.41) is 4.56. The Bertz CT molecular complexity index is 913. The summed E-state index contributed by atoms with van der Waals surface area (Å²) in [6.45, 7) is 0.678. The summed E-state index contributed by atoms with van der Waals surface area (Å²) in [5.74, 6) is 1.40. The molecular formula is C26H31ClN2O2. The molecule has 3 aliphatic rings. The molecule has 2 fully saturated rings. The van der Waals surface area contributed by atoms with Crippen LogP contribution in [0.5, 0.6) is 5.75 Å². The predicted octanol–water partition coefficient (Wildman–Crippen LogP) is 6.02. The van der Waals surface area contributed by atoms with Crippen molar-refractivity contribution in [3.63, 3.8) is 0 Å². The first-order chi connectivity index (χ1) is 15.2. The summed E-state index contributed by atoms with van der Waals surface area (Å²) < 4.78 is 5.85. The van der Waals surface area contributed by atoms with Gasteiger partial charge in [0.25, 0.3) is 0 Å². The zero-order chi connectivity index (χ0) is 21.2. The number of likely N-dealkylation sites (tertiary alicyclic amines) is 1. The molecule has 0 radical (unpaired) electrons. The van der Waals surface area contributed by atoms with Crippen LogP contribution in [0.3, 0.4) is 0 Å². The third-order valence-corrected chi connectivity index (χ3v) is 7.42. The van der Waals surface area contributed by atoms with Gasteiger partial charge in [-0.2, -0.15) is 0 Å². The maximum Gasteiger partial charge on any atom is 0.227 e. The van der Waals surface area contributed by atoms with E-state index in [1.807, 2.05) is 24.3 Å². The smallest absolute Gasteiger partial charge is 0.227 e. The lowest BCUT2D eigenvalue weighted by atomic mass is 9.87. The molecular weight excluding hydrogens is 408 g/mol. The van der Waals surface area contributed by atoms with Crippen LogP contribution in [0.15, 0.2) is 48.5 Å². The Morgan fingerprint density at radius 2 is 1.77 bits per heavy atom. The van der Waals surface area contributed by atoms with Gasteiger partial charge in [0.05, 0.1) is 18.8 Å². The van der Waals surface area contributed by atoms with Crippen LogP contribution >= 0.6 is 11.6 Å². The number of carbonyl (C=O) groups is 1. The molecule has 31 heavy (non-hydrogen) atoms. The van der Waals surface area contributed by atoms with Crippen molar-refractivity contribution in [3.8, 4) is 5.75 Å². The average Bonchev–Trinajstić information content (AvgIpc) is 3.23. The van der Waals surface area contributed by atoms with Crippen molar-refractivity contribution in [2.45, 2.75) is 69.6 Å². The van der Waals surface area contributed by atoms with Crippen LogP contribution in [0.25, 0.3) is 0 Å². The van der Waals surface area contributed by atoms with E-state index in [1.54, 1.807) is 0 Å². The molecule has 3 atom stereocenters. The summed E-state index contributed by atoms with van der Waals surface area (Å²) in [4.78, 5) is 16.0. The second-order valence-corrected chi connectivity index (χ2v) is 9.58. The van der Waals surface area contributed by atoms with Gasteiger partial charge in [-0.25, -0.2) is 0 Å². The van der Waals surface area contributed by atoms with Gasteiger partial charge >= 0.3 is 0 Å². The van der Waals surface area contributed by atoms with Gasteiger partial charge in [0, 0.05) is 29.0 Å². The highest BCUT2D eigenvalue weighted by atomic mass is 35.5. The number of nitrogens with zero attached hydrogens (tertiary/aromatic N) is 1. The van der Waals surface area contributed by atoms with Gasteiger partial charge in [-0.3, -0.25) is 10.1 Å². The van der Waals surface area contributed by atoms with Crippen molar-refractivity contribution < 1.29 is 9.53 Å². The highest BCUT2D eigenvalue weighted by Crippen LogP contribution is 2.41. The number of rotatable bonds is 4. The van der Waals surface area contributed by atoms with Crippen LogP contribution in [0, 0.1) is 5.92 Å². The second kappa shape index (κ2) is 9.22. The van der Waals surface area contributed by atoms with Crippen molar-refractivity contribution in [2.24, 2.45) is 5.92 Å². The van der Waals surface area contributed by atoms with Crippen molar-refractivity contribution in [1.82, 2.24) is 10.2 Å². The molecule has 2 aliphatic heterocycles. The van der Waals surface area contributed by atoms with E-state index in [0.29, 0.717) is 12.5 Å². The molecule has 5 heteroatoms. The first kappa shape index (κ1) is 20.8. The zero-order valence-corrected chi connectivity index (χ0v) is 18.7. The first-order valence-corrected chi connectivity index (χ1v) is 12.1. The first-order valence-electron chi connectivity index (χ1n) is 11.8. The van der Waals surface area contributed by atoms with Crippen molar-refractivity contribution in [1.29, 1.82) is 0 Å². The minimum atomic E-state index is 0.0366. The van der Waals surface area contributed by atoms with E-state index in [2.05, 4.69) is 34.5 Å². The SMILES string of the molecule is O=C(C1CCCCC1)N1C(NC2CCOc3ccc(Cl)cc32)CCC1c1ccccc1. The number of halogens is 1. The minimum absolute atomic E-state index is 0.0366. The number of ether oxygens (including phenoxy) is 1. The van der Waals surface area contributed by atoms with Crippen LogP contribution in [0.2, 0.25) is 5.02 Å². The Kier molecular flexibility index (Phi) is 6.20. The van der Waals surface area contributed by atoms with Crippen LogP contribution in [0.4, 0.5) is 0 Å². The van der Waals surface area contributed by atoms with E-state index in [-0.39, 0.29) is 24.2 Å². The molecule has 0 aromatic heterocycles. The topological polar surface area (TPSA) is 41.6 Å². The largest absolute Gasteiger partial charge is 0.493 e. The number of amides is 1. The molecule has 2 heterocycles. The Morgan fingerprint density at radius 1 is 0.968 bits per heavy atom. The van der Waals surface area contributed by atoms with E-state index in [4.69, 9.17) is 16.3 Å². The lowest BCUT2D eigenvalue weighted by molar-refractivity contribution is -0.140. The van der Waals surface area contributed by atoms with Crippen LogP contribution in [-0.4, -0.2) is 23.6 Å². The third-order valence-electron chi connectivity index (χ3n) is 7.18. The summed E-state index contributed by atoms with van der Waals surface area (Å²) in [7, 11) is 0. The Hall–Kier alpha value is -2.04. The molecule has 164 valence electrons. The van der Waals surface area contributed by atoms with Gasteiger partial charge < -0.3 is 9.64 Å². The second-order valence-electron chi connectivity index (χ2n) is 9.14. The lowest BCUT2D eigenvalue weighted by Gasteiger charge is -2.38. The van der Waals surface area contributed by atoms with E-state index in [0.717, 1.165) is 48.4 Å². The molecule has 1 amide bonds. The minimum Gasteiger partial charge on any atom is -0.493 e. The average molecular weight is 439 g/mol. The summed E-state index contributed by atoms with van der Waals surface area (Å²) in [6.07, 6.45) is 8.53. The molecule has 4 nitrogen and oxygen atoms in total. The van der Waals surface area contributed by atoms with Crippen molar-refractivity contribution >= 4 is 17.5 Å². The van der Waals surface area contributed by atoms with E-state index in [1.165, 1.54) is 24.8 Å². The predicted molar refractivity (Wildman–Crippen MR) is 123 cm³/mol. The monoisotopic (exact) mass is 438 g/mol. The number of fused-ring (bicyclic) bond motifs is 1. The third kappa shape index (κ3) is 4.33. The van der Waals surface area contributed by atoms with Crippen molar-refractivity contribution in [3.05, 3.63) is 64.7 Å². The van der Waals surface area contributed by atoms with Crippen LogP contribution in [0.1, 0.15) is 74.6 Å². The number of hydrogen-bond acceptors (Lipinski definition) is 3. The standard InChI is InChI=1S/C26H31ClN2O2/c27-20-11-13-24-21(17-20)22(15-16-31-24)28-25-14-12-23(18-7-3-1-4-8-18)29(25)26(30)19-9-5-2-6-10-19/h1,3-4,7-8,11,13,17,19,22-23,25,28H,2,5-6,9-10,12,14-16H2. The fourth-order valence-corrected chi connectivity index (χ4v) is 5.80. The van der Waals surface area contributed by atoms with Crippen LogP contribution in [-0.2, 0) is 4.79 Å². The lowest BCUT2D eigenvalue weighted by Crippen LogP contribution is -2.49. The summed E-state index contributed by atoms with van der Waals surface area (Å²) in [6, 6.07) is 16.7. The maximum atomic E-state index is 13.8. The molecule has 0 bridgehead atoms. The van der Waals surface area contributed by atoms with Gasteiger partial charge in [0.2, 0.25) is 5.91 Å². The quantitative estimate of drug-likeness (QED) is 0.634. The zero-order valence-electron chi connectivity index (χ0n) is 17.9. The molecule has 1 saturated carbocycles. The maximum absolute atomic E-state index is 13.8. The molecule has 1 N–H and O–H groups in total. The molecule has 1 aliphatic carbocycles. The Balaban J connectivity index is 1.42. The van der Waals surface area contributed by atoms with Gasteiger partial charge in [-0.1, -0.05) is 61.2 Å². The molecule has 3 unspecified atom stereocenters. The fraction of sp³-hybridized carbons (Fsp3) is 0.500. The molecule has 1 saturated heterocycles. The number of hydrogen-bond donors (Lipinski definition) is 1. The van der Waals surface area contributed by atoms with E-state index < -0.39 is 0 Å². The Labute approximate surface area is 189 Å². The van der Waals surface area contributed by atoms with Crippen molar-refractivity contribution in [2.75, 3.05) is 6.61 Å². The molecule has 2 aromatic carbocycles. The van der Waals surface area contributed by atoms with E-state index in [9.17, 15) is 4.79 Å².